The van der Waals surface area contributed by atoms with Gasteiger partial charge >= 0.3 is 0 Å². The minimum absolute atomic E-state index is 0.574. The number of hydrogen-bond acceptors (Lipinski definition) is 2. The number of halogens is 1. The summed E-state index contributed by atoms with van der Waals surface area (Å²) in [6.07, 6.45) is 4.20. The van der Waals surface area contributed by atoms with Gasteiger partial charge in [-0.1, -0.05) is 30.2 Å². The van der Waals surface area contributed by atoms with Crippen LogP contribution in [0, 0.1) is 12.8 Å². The molecule has 3 rings (SSSR count). The maximum absolute atomic E-state index is 6.02. The second-order valence-corrected chi connectivity index (χ2v) is 5.90. The van der Waals surface area contributed by atoms with Crippen LogP contribution in [0.25, 0.3) is 10.8 Å². The largest absolute Gasteiger partial charge is 0.312 e. The highest BCUT2D eigenvalue weighted by Gasteiger charge is 2.16. The Bertz CT molecular complexity index is 591. The van der Waals surface area contributed by atoms with Crippen LogP contribution < -0.4 is 5.32 Å². The van der Waals surface area contributed by atoms with E-state index in [1.54, 1.807) is 0 Å². The predicted octanol–water partition coefficient (Wildman–Crippen LogP) is 4.09. The molecule has 0 aliphatic heterocycles. The third-order valence-electron chi connectivity index (χ3n) is 4.04. The number of rotatable bonds is 4. The number of fused-ring (bicyclic) bond motifs is 1. The minimum atomic E-state index is 0.574. The van der Waals surface area contributed by atoms with Gasteiger partial charge in [0.05, 0.1) is 0 Å². The molecule has 19 heavy (non-hydrogen) atoms. The number of pyridine rings is 1. The summed E-state index contributed by atoms with van der Waals surface area (Å²) in [4.78, 5) is 4.29. The zero-order valence-corrected chi connectivity index (χ0v) is 12.0. The van der Waals surface area contributed by atoms with Gasteiger partial charge in [0.15, 0.2) is 0 Å². The van der Waals surface area contributed by atoms with Gasteiger partial charge in [-0.05, 0) is 55.3 Å². The van der Waals surface area contributed by atoms with Crippen LogP contribution in [-0.2, 0) is 6.54 Å². The molecule has 1 fully saturated rings. The molecule has 1 aliphatic rings. The average molecular weight is 275 g/mol. The van der Waals surface area contributed by atoms with Gasteiger partial charge in [0.25, 0.3) is 0 Å². The zero-order chi connectivity index (χ0) is 13.2. The molecule has 1 aliphatic carbocycles. The molecular formula is C16H19ClN2. The summed E-state index contributed by atoms with van der Waals surface area (Å²) in [6, 6.07) is 8.48. The van der Waals surface area contributed by atoms with Gasteiger partial charge in [0.1, 0.15) is 5.15 Å². The molecule has 2 nitrogen and oxygen atoms in total. The van der Waals surface area contributed by atoms with Crippen LogP contribution in [-0.4, -0.2) is 11.5 Å². The highest BCUT2D eigenvalue weighted by atomic mass is 35.5. The molecule has 0 atom stereocenters. The molecule has 3 heteroatoms. The first-order chi connectivity index (χ1) is 9.22. The molecule has 1 aromatic carbocycles. The van der Waals surface area contributed by atoms with Gasteiger partial charge in [0.2, 0.25) is 0 Å². The van der Waals surface area contributed by atoms with Gasteiger partial charge in [-0.25, -0.2) is 4.98 Å². The Morgan fingerprint density at radius 3 is 2.89 bits per heavy atom. The van der Waals surface area contributed by atoms with E-state index in [0.717, 1.165) is 24.7 Å². The van der Waals surface area contributed by atoms with Crippen molar-refractivity contribution in [2.45, 2.75) is 32.7 Å². The first kappa shape index (κ1) is 12.9. The molecule has 0 saturated heterocycles. The highest BCUT2D eigenvalue weighted by Crippen LogP contribution is 2.25. The van der Waals surface area contributed by atoms with Crippen molar-refractivity contribution in [3.63, 3.8) is 0 Å². The maximum Gasteiger partial charge on any atom is 0.129 e. The normalized spacial score (nSPS) is 15.7. The molecule has 100 valence electrons. The highest BCUT2D eigenvalue weighted by molar-refractivity contribution is 6.30. The standard InChI is InChI=1S/C16H19ClN2/c1-11-15-6-5-13(7-14(15)8-16(17)19-11)10-18-9-12-3-2-4-12/h5-8,12,18H,2-4,9-10H2,1H3. The lowest BCUT2D eigenvalue weighted by atomic mass is 9.85. The summed E-state index contributed by atoms with van der Waals surface area (Å²) in [7, 11) is 0. The van der Waals surface area contributed by atoms with Crippen molar-refractivity contribution in [3.8, 4) is 0 Å². The van der Waals surface area contributed by atoms with Crippen LogP contribution in [0.5, 0.6) is 0 Å². The quantitative estimate of drug-likeness (QED) is 0.850. The van der Waals surface area contributed by atoms with E-state index in [9.17, 15) is 0 Å². The number of aromatic nitrogens is 1. The van der Waals surface area contributed by atoms with Crippen LogP contribution in [0.3, 0.4) is 0 Å². The molecule has 0 bridgehead atoms. The van der Waals surface area contributed by atoms with Crippen molar-refractivity contribution in [2.75, 3.05) is 6.54 Å². The van der Waals surface area contributed by atoms with Crippen LogP contribution in [0.15, 0.2) is 24.3 Å². The Kier molecular flexibility index (Phi) is 3.72. The molecule has 0 unspecified atom stereocenters. The topological polar surface area (TPSA) is 24.9 Å². The van der Waals surface area contributed by atoms with Crippen molar-refractivity contribution in [1.29, 1.82) is 0 Å². The Hall–Kier alpha value is -1.12. The van der Waals surface area contributed by atoms with E-state index in [0.29, 0.717) is 5.15 Å². The second kappa shape index (κ2) is 5.48. The van der Waals surface area contributed by atoms with E-state index in [-0.39, 0.29) is 0 Å². The van der Waals surface area contributed by atoms with Crippen molar-refractivity contribution in [1.82, 2.24) is 10.3 Å². The lowest BCUT2D eigenvalue weighted by Crippen LogP contribution is -2.26. The van der Waals surface area contributed by atoms with Crippen molar-refractivity contribution >= 4 is 22.4 Å². The van der Waals surface area contributed by atoms with Crippen LogP contribution >= 0.6 is 11.6 Å². The number of benzene rings is 1. The average Bonchev–Trinajstić information content (AvgIpc) is 2.31. The van der Waals surface area contributed by atoms with Crippen LogP contribution in [0.4, 0.5) is 0 Å². The fraction of sp³-hybridized carbons (Fsp3) is 0.438. The smallest absolute Gasteiger partial charge is 0.129 e. The monoisotopic (exact) mass is 274 g/mol. The van der Waals surface area contributed by atoms with E-state index in [1.165, 1.54) is 35.6 Å². The van der Waals surface area contributed by atoms with Gasteiger partial charge in [0, 0.05) is 17.6 Å². The third kappa shape index (κ3) is 2.90. The molecule has 0 amide bonds. The molecule has 1 aromatic heterocycles. The fourth-order valence-electron chi connectivity index (χ4n) is 2.67. The second-order valence-electron chi connectivity index (χ2n) is 5.51. The van der Waals surface area contributed by atoms with Gasteiger partial charge < -0.3 is 5.32 Å². The molecule has 1 N–H and O–H groups in total. The van der Waals surface area contributed by atoms with Crippen molar-refractivity contribution < 1.29 is 0 Å². The molecule has 0 spiro atoms. The summed E-state index contributed by atoms with van der Waals surface area (Å²) in [5.74, 6) is 0.904. The van der Waals surface area contributed by atoms with Gasteiger partial charge in [-0.2, -0.15) is 0 Å². The maximum atomic E-state index is 6.02. The SMILES string of the molecule is Cc1nc(Cl)cc2cc(CNCC3CCC3)ccc12. The zero-order valence-electron chi connectivity index (χ0n) is 11.2. The fourth-order valence-corrected chi connectivity index (χ4v) is 2.91. The molecule has 1 saturated carbocycles. The Morgan fingerprint density at radius 1 is 1.32 bits per heavy atom. The summed E-state index contributed by atoms with van der Waals surface area (Å²) in [5, 5.41) is 6.49. The Labute approximate surface area is 119 Å². The number of nitrogens with one attached hydrogen (secondary N) is 1. The molecule has 2 aromatic rings. The van der Waals surface area contributed by atoms with E-state index in [4.69, 9.17) is 11.6 Å². The van der Waals surface area contributed by atoms with Gasteiger partial charge in [-0.3, -0.25) is 0 Å². The first-order valence-corrected chi connectivity index (χ1v) is 7.36. The predicted molar refractivity (Wildman–Crippen MR) is 80.5 cm³/mol. The van der Waals surface area contributed by atoms with Crippen molar-refractivity contribution in [2.24, 2.45) is 5.92 Å². The number of nitrogens with zero attached hydrogens (tertiary/aromatic N) is 1. The minimum Gasteiger partial charge on any atom is -0.312 e. The van der Waals surface area contributed by atoms with Crippen molar-refractivity contribution in [3.05, 3.63) is 40.7 Å². The Morgan fingerprint density at radius 2 is 2.16 bits per heavy atom. The lowest BCUT2D eigenvalue weighted by Gasteiger charge is -2.25. The van der Waals surface area contributed by atoms with E-state index >= 15 is 0 Å². The molecule has 1 heterocycles. The first-order valence-electron chi connectivity index (χ1n) is 6.99. The van der Waals surface area contributed by atoms with Crippen LogP contribution in [0.2, 0.25) is 5.15 Å². The number of aryl methyl sites for hydroxylation is 1. The lowest BCUT2D eigenvalue weighted by molar-refractivity contribution is 0.301. The molecule has 0 radical (unpaired) electrons. The van der Waals surface area contributed by atoms with Crippen LogP contribution in [0.1, 0.15) is 30.5 Å². The van der Waals surface area contributed by atoms with E-state index in [2.05, 4.69) is 28.5 Å². The molecular weight excluding hydrogens is 256 g/mol. The van der Waals surface area contributed by atoms with Gasteiger partial charge in [-0.15, -0.1) is 0 Å². The van der Waals surface area contributed by atoms with E-state index < -0.39 is 0 Å². The Balaban J connectivity index is 1.73. The van der Waals surface area contributed by atoms with E-state index in [1.807, 2.05) is 13.0 Å². The third-order valence-corrected chi connectivity index (χ3v) is 4.24. The summed E-state index contributed by atoms with van der Waals surface area (Å²) in [6.45, 7) is 4.09. The number of hydrogen-bond donors (Lipinski definition) is 1. The summed E-state index contributed by atoms with van der Waals surface area (Å²) < 4.78 is 0. The summed E-state index contributed by atoms with van der Waals surface area (Å²) >= 11 is 6.02. The summed E-state index contributed by atoms with van der Waals surface area (Å²) in [5.41, 5.74) is 2.31.